The summed E-state index contributed by atoms with van der Waals surface area (Å²) in [7, 11) is 1.64. The lowest BCUT2D eigenvalue weighted by Gasteiger charge is -2.25. The molecule has 1 aliphatic rings. The average Bonchev–Trinajstić information content (AvgIpc) is 2.31. The Balaban J connectivity index is 0.00000128. The summed E-state index contributed by atoms with van der Waals surface area (Å²) < 4.78 is 5.20. The van der Waals surface area contributed by atoms with Crippen molar-refractivity contribution in [1.29, 1.82) is 0 Å². The third-order valence-electron chi connectivity index (χ3n) is 2.62. The van der Waals surface area contributed by atoms with Gasteiger partial charge in [0.05, 0.1) is 12.1 Å². The standard InChI is InChI=1S/C11H15ClN2O.ClH/c1-15-11-6-8(2-3-9(11)12)10-7-13-4-5-14-10;/h2-3,6,10,13-14H,4-5,7H2,1H3;1H/t10-;/m1./s1. The van der Waals surface area contributed by atoms with Gasteiger partial charge in [-0.2, -0.15) is 0 Å². The number of halogens is 2. The second-order valence-electron chi connectivity index (χ2n) is 3.60. The molecule has 1 atom stereocenters. The SMILES string of the molecule is COc1cc([C@H]2CNCCN2)ccc1Cl.Cl. The largest absolute Gasteiger partial charge is 0.495 e. The summed E-state index contributed by atoms with van der Waals surface area (Å²) in [5.41, 5.74) is 1.21. The van der Waals surface area contributed by atoms with Crippen molar-refractivity contribution in [1.82, 2.24) is 10.6 Å². The minimum absolute atomic E-state index is 0. The minimum atomic E-state index is 0. The first-order chi connectivity index (χ1) is 7.31. The Labute approximate surface area is 107 Å². The second-order valence-corrected chi connectivity index (χ2v) is 4.01. The fourth-order valence-electron chi connectivity index (χ4n) is 1.78. The van der Waals surface area contributed by atoms with Gasteiger partial charge in [-0.1, -0.05) is 17.7 Å². The highest BCUT2D eigenvalue weighted by molar-refractivity contribution is 6.32. The molecule has 1 fully saturated rings. The van der Waals surface area contributed by atoms with E-state index in [2.05, 4.69) is 10.6 Å². The molecule has 16 heavy (non-hydrogen) atoms. The molecule has 2 rings (SSSR count). The number of hydrogen-bond acceptors (Lipinski definition) is 3. The molecule has 0 spiro atoms. The van der Waals surface area contributed by atoms with Crippen molar-refractivity contribution >= 4 is 24.0 Å². The molecule has 1 heterocycles. The van der Waals surface area contributed by atoms with E-state index in [0.29, 0.717) is 11.1 Å². The molecule has 0 bridgehead atoms. The molecular formula is C11H16Cl2N2O. The number of nitrogens with one attached hydrogen (secondary N) is 2. The van der Waals surface area contributed by atoms with Crippen molar-refractivity contribution in [3.63, 3.8) is 0 Å². The molecular weight excluding hydrogens is 247 g/mol. The van der Waals surface area contributed by atoms with Crippen LogP contribution in [-0.4, -0.2) is 26.7 Å². The maximum Gasteiger partial charge on any atom is 0.137 e. The zero-order valence-corrected chi connectivity index (χ0v) is 10.7. The van der Waals surface area contributed by atoms with Gasteiger partial charge in [0, 0.05) is 25.7 Å². The predicted molar refractivity (Wildman–Crippen MR) is 68.9 cm³/mol. The van der Waals surface area contributed by atoms with E-state index < -0.39 is 0 Å². The molecule has 0 amide bonds. The Hall–Kier alpha value is -0.480. The zero-order valence-electron chi connectivity index (χ0n) is 9.13. The molecule has 1 aliphatic heterocycles. The normalized spacial score (nSPS) is 20.0. The van der Waals surface area contributed by atoms with E-state index in [9.17, 15) is 0 Å². The summed E-state index contributed by atoms with van der Waals surface area (Å²) in [5.74, 6) is 0.738. The maximum absolute atomic E-state index is 5.97. The molecule has 0 aliphatic carbocycles. The zero-order chi connectivity index (χ0) is 10.7. The summed E-state index contributed by atoms with van der Waals surface area (Å²) in [6.07, 6.45) is 0. The highest BCUT2D eigenvalue weighted by Gasteiger charge is 2.15. The smallest absolute Gasteiger partial charge is 0.137 e. The molecule has 0 saturated carbocycles. The van der Waals surface area contributed by atoms with Crippen LogP contribution in [0.2, 0.25) is 5.02 Å². The third kappa shape index (κ3) is 3.01. The quantitative estimate of drug-likeness (QED) is 0.856. The van der Waals surface area contributed by atoms with E-state index in [1.807, 2.05) is 18.2 Å². The Morgan fingerprint density at radius 1 is 1.38 bits per heavy atom. The van der Waals surface area contributed by atoms with Crippen LogP contribution in [-0.2, 0) is 0 Å². The van der Waals surface area contributed by atoms with Gasteiger partial charge in [-0.3, -0.25) is 0 Å². The Bertz CT molecular complexity index is 341. The van der Waals surface area contributed by atoms with E-state index in [4.69, 9.17) is 16.3 Å². The van der Waals surface area contributed by atoms with E-state index in [1.54, 1.807) is 7.11 Å². The lowest BCUT2D eigenvalue weighted by atomic mass is 10.1. The van der Waals surface area contributed by atoms with Gasteiger partial charge in [0.15, 0.2) is 0 Å². The van der Waals surface area contributed by atoms with Gasteiger partial charge in [0.2, 0.25) is 0 Å². The monoisotopic (exact) mass is 262 g/mol. The van der Waals surface area contributed by atoms with Gasteiger partial charge in [-0.05, 0) is 17.7 Å². The minimum Gasteiger partial charge on any atom is -0.495 e. The lowest BCUT2D eigenvalue weighted by molar-refractivity contribution is 0.407. The van der Waals surface area contributed by atoms with E-state index in [-0.39, 0.29) is 12.4 Å². The van der Waals surface area contributed by atoms with Crippen LogP contribution in [0.3, 0.4) is 0 Å². The van der Waals surface area contributed by atoms with Gasteiger partial charge >= 0.3 is 0 Å². The Morgan fingerprint density at radius 3 is 2.81 bits per heavy atom. The summed E-state index contributed by atoms with van der Waals surface area (Å²) in [4.78, 5) is 0. The fourth-order valence-corrected chi connectivity index (χ4v) is 1.98. The number of benzene rings is 1. The van der Waals surface area contributed by atoms with E-state index in [1.165, 1.54) is 5.56 Å². The molecule has 0 radical (unpaired) electrons. The highest BCUT2D eigenvalue weighted by Crippen LogP contribution is 2.27. The van der Waals surface area contributed by atoms with Gasteiger partial charge in [0.1, 0.15) is 5.75 Å². The van der Waals surface area contributed by atoms with Gasteiger partial charge < -0.3 is 15.4 Å². The molecule has 90 valence electrons. The first kappa shape index (κ1) is 13.6. The Morgan fingerprint density at radius 2 is 2.19 bits per heavy atom. The summed E-state index contributed by atoms with van der Waals surface area (Å²) in [5, 5.41) is 7.45. The van der Waals surface area contributed by atoms with Crippen molar-refractivity contribution in [2.75, 3.05) is 26.7 Å². The maximum atomic E-state index is 5.97. The van der Waals surface area contributed by atoms with Crippen molar-refractivity contribution in [2.24, 2.45) is 0 Å². The molecule has 3 nitrogen and oxygen atoms in total. The fraction of sp³-hybridized carbons (Fsp3) is 0.455. The molecule has 1 aromatic carbocycles. The number of ether oxygens (including phenoxy) is 1. The molecule has 1 saturated heterocycles. The van der Waals surface area contributed by atoms with Crippen LogP contribution in [0.5, 0.6) is 5.75 Å². The Kier molecular flexibility index (Phi) is 5.35. The van der Waals surface area contributed by atoms with Crippen LogP contribution in [0, 0.1) is 0 Å². The number of piperazine rings is 1. The van der Waals surface area contributed by atoms with E-state index in [0.717, 1.165) is 25.4 Å². The van der Waals surface area contributed by atoms with Gasteiger partial charge in [-0.25, -0.2) is 0 Å². The van der Waals surface area contributed by atoms with Crippen molar-refractivity contribution in [2.45, 2.75) is 6.04 Å². The van der Waals surface area contributed by atoms with Crippen molar-refractivity contribution in [3.05, 3.63) is 28.8 Å². The highest BCUT2D eigenvalue weighted by atomic mass is 35.5. The average molecular weight is 263 g/mol. The lowest BCUT2D eigenvalue weighted by Crippen LogP contribution is -2.42. The molecule has 0 aromatic heterocycles. The molecule has 5 heteroatoms. The van der Waals surface area contributed by atoms with Crippen LogP contribution < -0.4 is 15.4 Å². The third-order valence-corrected chi connectivity index (χ3v) is 2.93. The van der Waals surface area contributed by atoms with Crippen molar-refractivity contribution < 1.29 is 4.74 Å². The van der Waals surface area contributed by atoms with Crippen molar-refractivity contribution in [3.8, 4) is 5.75 Å². The molecule has 1 aromatic rings. The summed E-state index contributed by atoms with van der Waals surface area (Å²) in [6.45, 7) is 2.97. The molecule has 0 unspecified atom stereocenters. The van der Waals surface area contributed by atoms with Crippen LogP contribution in [0.15, 0.2) is 18.2 Å². The topological polar surface area (TPSA) is 33.3 Å². The van der Waals surface area contributed by atoms with Crippen LogP contribution in [0.1, 0.15) is 11.6 Å². The predicted octanol–water partition coefficient (Wildman–Crippen LogP) is 2.00. The van der Waals surface area contributed by atoms with Crippen LogP contribution in [0.4, 0.5) is 0 Å². The van der Waals surface area contributed by atoms with Crippen LogP contribution >= 0.6 is 24.0 Å². The van der Waals surface area contributed by atoms with Gasteiger partial charge in [0.25, 0.3) is 0 Å². The second kappa shape index (κ2) is 6.30. The van der Waals surface area contributed by atoms with Crippen LogP contribution in [0.25, 0.3) is 0 Å². The van der Waals surface area contributed by atoms with Gasteiger partial charge in [-0.15, -0.1) is 12.4 Å². The number of rotatable bonds is 2. The first-order valence-electron chi connectivity index (χ1n) is 5.09. The van der Waals surface area contributed by atoms with E-state index >= 15 is 0 Å². The summed E-state index contributed by atoms with van der Waals surface area (Å²) >= 11 is 5.97. The number of methoxy groups -OCH3 is 1. The molecule has 2 N–H and O–H groups in total. The summed E-state index contributed by atoms with van der Waals surface area (Å²) in [6, 6.07) is 6.26. The number of hydrogen-bond donors (Lipinski definition) is 2. The first-order valence-corrected chi connectivity index (χ1v) is 5.46.